The maximum Gasteiger partial charge on any atom is 0.416 e. The Morgan fingerprint density at radius 1 is 1.11 bits per heavy atom. The van der Waals surface area contributed by atoms with Crippen LogP contribution in [0.15, 0.2) is 70.3 Å². The van der Waals surface area contributed by atoms with Crippen molar-refractivity contribution < 1.29 is 36.7 Å². The molecule has 0 saturated carbocycles. The van der Waals surface area contributed by atoms with E-state index in [9.17, 15) is 32.3 Å². The van der Waals surface area contributed by atoms with Gasteiger partial charge in [-0.25, -0.2) is 9.37 Å². The first-order chi connectivity index (χ1) is 16.5. The van der Waals surface area contributed by atoms with Crippen LogP contribution in [0.3, 0.4) is 0 Å². The van der Waals surface area contributed by atoms with E-state index in [1.54, 1.807) is 6.92 Å². The number of aromatic nitrogens is 1. The summed E-state index contributed by atoms with van der Waals surface area (Å²) in [6.45, 7) is 1.60. The summed E-state index contributed by atoms with van der Waals surface area (Å²) in [6.07, 6.45) is -4.59. The number of Topliss-reactive ketones (excluding diaryl/α,β-unsaturated/α-hetero) is 1. The lowest BCUT2D eigenvalue weighted by Gasteiger charge is -2.24. The molecular weight excluding hydrogens is 488 g/mol. The van der Waals surface area contributed by atoms with E-state index in [0.29, 0.717) is 16.0 Å². The number of halogens is 4. The molecule has 35 heavy (non-hydrogen) atoms. The Balaban J connectivity index is 1.67. The zero-order chi connectivity index (χ0) is 25.1. The van der Waals surface area contributed by atoms with Crippen LogP contribution >= 0.6 is 11.3 Å². The number of hydrogen-bond acceptors (Lipinski definition) is 6. The normalized spacial score (nSPS) is 16.5. The predicted molar refractivity (Wildman–Crippen MR) is 119 cm³/mol. The summed E-state index contributed by atoms with van der Waals surface area (Å²) >= 11 is 0.935. The van der Waals surface area contributed by atoms with Crippen molar-refractivity contribution in [2.45, 2.75) is 19.1 Å². The highest BCUT2D eigenvalue weighted by atomic mass is 32.1. The minimum Gasteiger partial charge on any atom is -0.503 e. The van der Waals surface area contributed by atoms with Crippen molar-refractivity contribution in [2.75, 3.05) is 4.90 Å². The predicted octanol–water partition coefficient (Wildman–Crippen LogP) is 6.14. The third-order valence-corrected chi connectivity index (χ3v) is 6.53. The number of hydrogen-bond donors (Lipinski definition) is 1. The number of amides is 1. The van der Waals surface area contributed by atoms with Crippen LogP contribution in [0.5, 0.6) is 0 Å². The fraction of sp³-hybridized carbons (Fsp3) is 0.125. The molecule has 0 bridgehead atoms. The van der Waals surface area contributed by atoms with Crippen LogP contribution in [0, 0.1) is 12.7 Å². The van der Waals surface area contributed by atoms with Gasteiger partial charge in [0.1, 0.15) is 11.6 Å². The molecule has 0 saturated heterocycles. The van der Waals surface area contributed by atoms with Gasteiger partial charge in [-0.2, -0.15) is 13.2 Å². The average molecular weight is 502 g/mol. The van der Waals surface area contributed by atoms with Crippen LogP contribution in [0.4, 0.5) is 22.7 Å². The number of fused-ring (bicyclic) bond motifs is 1. The molecule has 4 aromatic rings. The standard InChI is InChI=1S/C24H14F4N2O4S/c1-11-2-9-16(34-11)20(31)18-19(12-3-5-13(6-4-12)24(26,27)28)30(22(33)21(18)32)23-29-15-8-7-14(25)10-17(15)35-23/h2-10,19,32H,1H3. The van der Waals surface area contributed by atoms with Gasteiger partial charge in [0.15, 0.2) is 16.7 Å². The molecule has 0 fully saturated rings. The van der Waals surface area contributed by atoms with Gasteiger partial charge >= 0.3 is 6.18 Å². The summed E-state index contributed by atoms with van der Waals surface area (Å²) in [7, 11) is 0. The molecule has 11 heteroatoms. The Morgan fingerprint density at radius 2 is 1.83 bits per heavy atom. The van der Waals surface area contributed by atoms with E-state index in [0.717, 1.165) is 40.5 Å². The molecule has 0 spiro atoms. The maximum absolute atomic E-state index is 13.7. The molecule has 0 aliphatic carbocycles. The summed E-state index contributed by atoms with van der Waals surface area (Å²) in [5, 5.41) is 10.8. The fourth-order valence-corrected chi connectivity index (χ4v) is 4.90. The second-order valence-electron chi connectivity index (χ2n) is 7.81. The second-order valence-corrected chi connectivity index (χ2v) is 8.82. The summed E-state index contributed by atoms with van der Waals surface area (Å²) in [4.78, 5) is 31.8. The Kier molecular flexibility index (Phi) is 5.24. The first-order valence-electron chi connectivity index (χ1n) is 10.2. The molecule has 178 valence electrons. The number of carbonyl (C=O) groups is 2. The number of aliphatic hydroxyl groups excluding tert-OH is 1. The van der Waals surface area contributed by atoms with Crippen molar-refractivity contribution in [3.05, 3.63) is 94.4 Å². The molecular formula is C24H14F4N2O4S. The van der Waals surface area contributed by atoms with Crippen LogP contribution in [0.2, 0.25) is 0 Å². The number of alkyl halides is 3. The summed E-state index contributed by atoms with van der Waals surface area (Å²) < 4.78 is 58.8. The molecule has 3 heterocycles. The molecule has 1 aliphatic rings. The van der Waals surface area contributed by atoms with Gasteiger partial charge in [-0.3, -0.25) is 14.5 Å². The molecule has 2 aromatic carbocycles. The lowest BCUT2D eigenvalue weighted by atomic mass is 9.94. The van der Waals surface area contributed by atoms with Crippen LogP contribution in [-0.2, 0) is 11.0 Å². The van der Waals surface area contributed by atoms with Crippen molar-refractivity contribution in [1.29, 1.82) is 0 Å². The summed E-state index contributed by atoms with van der Waals surface area (Å²) in [6, 6.07) is 9.30. The number of anilines is 1. The second kappa shape index (κ2) is 8.05. The highest BCUT2D eigenvalue weighted by Crippen LogP contribution is 2.44. The van der Waals surface area contributed by atoms with Crippen molar-refractivity contribution in [3.8, 4) is 0 Å². The van der Waals surface area contributed by atoms with Gasteiger partial charge in [-0.15, -0.1) is 0 Å². The number of aliphatic hydroxyl groups is 1. The van der Waals surface area contributed by atoms with Crippen LogP contribution in [-0.4, -0.2) is 21.8 Å². The zero-order valence-corrected chi connectivity index (χ0v) is 18.6. The third kappa shape index (κ3) is 3.87. The van der Waals surface area contributed by atoms with Gasteiger partial charge < -0.3 is 9.52 Å². The van der Waals surface area contributed by atoms with Crippen LogP contribution in [0.1, 0.15) is 33.5 Å². The van der Waals surface area contributed by atoms with Crippen LogP contribution < -0.4 is 4.90 Å². The average Bonchev–Trinajstić information content (AvgIpc) is 3.49. The zero-order valence-electron chi connectivity index (χ0n) is 17.8. The number of nitrogens with zero attached hydrogens (tertiary/aromatic N) is 2. The number of benzene rings is 2. The topological polar surface area (TPSA) is 83.6 Å². The Hall–Kier alpha value is -3.99. The van der Waals surface area contributed by atoms with Gasteiger partial charge in [0.2, 0.25) is 5.78 Å². The third-order valence-electron chi connectivity index (χ3n) is 5.52. The number of ketones is 1. The van der Waals surface area contributed by atoms with E-state index in [-0.39, 0.29) is 22.0 Å². The van der Waals surface area contributed by atoms with Gasteiger partial charge in [-0.1, -0.05) is 23.5 Å². The fourth-order valence-electron chi connectivity index (χ4n) is 3.88. The molecule has 5 rings (SSSR count). The molecule has 6 nitrogen and oxygen atoms in total. The van der Waals surface area contributed by atoms with E-state index in [4.69, 9.17) is 4.42 Å². The first kappa shape index (κ1) is 22.8. The number of furan rings is 1. The van der Waals surface area contributed by atoms with Gasteiger partial charge in [0, 0.05) is 0 Å². The Bertz CT molecular complexity index is 1520. The van der Waals surface area contributed by atoms with Crippen LogP contribution in [0.25, 0.3) is 10.2 Å². The highest BCUT2D eigenvalue weighted by molar-refractivity contribution is 7.22. The Labute approximate surface area is 198 Å². The molecule has 1 atom stereocenters. The number of rotatable bonds is 4. The molecule has 2 aromatic heterocycles. The minimum atomic E-state index is -4.59. The SMILES string of the molecule is Cc1ccc(C(=O)C2=C(O)C(=O)N(c3nc4ccc(F)cc4s3)C2c2ccc(C(F)(F)F)cc2)o1. The molecule has 1 unspecified atom stereocenters. The molecule has 1 N–H and O–H groups in total. The monoisotopic (exact) mass is 502 g/mol. The first-order valence-corrected chi connectivity index (χ1v) is 11.0. The van der Waals surface area contributed by atoms with Crippen molar-refractivity contribution in [2.24, 2.45) is 0 Å². The minimum absolute atomic E-state index is 0.0328. The van der Waals surface area contributed by atoms with E-state index in [1.807, 2.05) is 0 Å². The van der Waals surface area contributed by atoms with Crippen molar-refractivity contribution in [3.63, 3.8) is 0 Å². The van der Waals surface area contributed by atoms with Gasteiger partial charge in [-0.05, 0) is 55.0 Å². The number of thiazole rings is 1. The summed E-state index contributed by atoms with van der Waals surface area (Å²) in [5.74, 6) is -2.91. The lowest BCUT2D eigenvalue weighted by Crippen LogP contribution is -2.31. The molecule has 1 amide bonds. The quantitative estimate of drug-likeness (QED) is 0.268. The number of carbonyl (C=O) groups excluding carboxylic acids is 2. The van der Waals surface area contributed by atoms with E-state index < -0.39 is 41.0 Å². The Morgan fingerprint density at radius 3 is 2.46 bits per heavy atom. The smallest absolute Gasteiger partial charge is 0.416 e. The molecule has 1 aliphatic heterocycles. The van der Waals surface area contributed by atoms with E-state index in [1.165, 1.54) is 30.3 Å². The van der Waals surface area contributed by atoms with Gasteiger partial charge in [0.25, 0.3) is 5.91 Å². The summed E-state index contributed by atoms with van der Waals surface area (Å²) in [5.41, 5.74) is -0.788. The van der Waals surface area contributed by atoms with Crippen molar-refractivity contribution in [1.82, 2.24) is 4.98 Å². The van der Waals surface area contributed by atoms with E-state index in [2.05, 4.69) is 4.98 Å². The molecule has 0 radical (unpaired) electrons. The number of aryl methyl sites for hydroxylation is 1. The lowest BCUT2D eigenvalue weighted by molar-refractivity contribution is -0.137. The van der Waals surface area contributed by atoms with Crippen molar-refractivity contribution >= 4 is 38.4 Å². The largest absolute Gasteiger partial charge is 0.503 e. The van der Waals surface area contributed by atoms with E-state index >= 15 is 0 Å². The highest BCUT2D eigenvalue weighted by Gasteiger charge is 2.46. The van der Waals surface area contributed by atoms with Gasteiger partial charge in [0.05, 0.1) is 27.4 Å². The maximum atomic E-state index is 13.7.